The average molecular weight is 324 g/mol. The van der Waals surface area contributed by atoms with Crippen LogP contribution in [0.15, 0.2) is 24.3 Å². The molecule has 23 heavy (non-hydrogen) atoms. The van der Waals surface area contributed by atoms with E-state index >= 15 is 0 Å². The van der Waals surface area contributed by atoms with Crippen LogP contribution in [-0.2, 0) is 20.8 Å². The van der Waals surface area contributed by atoms with E-state index in [0.29, 0.717) is 5.56 Å². The van der Waals surface area contributed by atoms with Gasteiger partial charge in [0.25, 0.3) is 0 Å². The molecule has 0 spiro atoms. The minimum absolute atomic E-state index is 0.0631. The Balaban J connectivity index is 2.90. The molecule has 126 valence electrons. The molecule has 0 saturated carbocycles. The van der Waals surface area contributed by atoms with Crippen LogP contribution in [0.2, 0.25) is 0 Å². The van der Waals surface area contributed by atoms with Crippen LogP contribution in [0.4, 0.5) is 4.39 Å². The SMILES string of the molecule is CC(=O)N[C@@H](Cc1cccc(F)c1)C(=O)N[C@@H](C(=O)O)C(C)C. The van der Waals surface area contributed by atoms with Crippen molar-refractivity contribution in [3.8, 4) is 0 Å². The lowest BCUT2D eigenvalue weighted by molar-refractivity contribution is -0.143. The Hall–Kier alpha value is -2.44. The van der Waals surface area contributed by atoms with Crippen molar-refractivity contribution in [1.82, 2.24) is 10.6 Å². The summed E-state index contributed by atoms with van der Waals surface area (Å²) in [5, 5.41) is 14.0. The fourth-order valence-corrected chi connectivity index (χ4v) is 2.12. The summed E-state index contributed by atoms with van der Waals surface area (Å²) in [6, 6.07) is 3.63. The summed E-state index contributed by atoms with van der Waals surface area (Å²) in [7, 11) is 0. The van der Waals surface area contributed by atoms with Gasteiger partial charge >= 0.3 is 5.97 Å². The largest absolute Gasteiger partial charge is 0.480 e. The Kier molecular flexibility index (Phi) is 6.68. The monoisotopic (exact) mass is 324 g/mol. The summed E-state index contributed by atoms with van der Waals surface area (Å²) in [6.07, 6.45) is 0.0631. The topological polar surface area (TPSA) is 95.5 Å². The number of carboxylic acids is 1. The summed E-state index contributed by atoms with van der Waals surface area (Å²) in [4.78, 5) is 34.8. The number of rotatable bonds is 7. The van der Waals surface area contributed by atoms with Crippen molar-refractivity contribution in [1.29, 1.82) is 0 Å². The van der Waals surface area contributed by atoms with E-state index in [2.05, 4.69) is 10.6 Å². The highest BCUT2D eigenvalue weighted by Gasteiger charge is 2.28. The molecule has 0 fully saturated rings. The average Bonchev–Trinajstić information content (AvgIpc) is 2.42. The number of nitrogens with one attached hydrogen (secondary N) is 2. The molecule has 0 aromatic heterocycles. The van der Waals surface area contributed by atoms with Crippen molar-refractivity contribution in [2.24, 2.45) is 5.92 Å². The molecular formula is C16H21FN2O4. The molecule has 1 rings (SSSR count). The quantitative estimate of drug-likeness (QED) is 0.700. The zero-order valence-electron chi connectivity index (χ0n) is 13.3. The van der Waals surface area contributed by atoms with Gasteiger partial charge in [-0.15, -0.1) is 0 Å². The van der Waals surface area contributed by atoms with Crippen molar-refractivity contribution in [3.05, 3.63) is 35.6 Å². The van der Waals surface area contributed by atoms with Gasteiger partial charge in [-0.25, -0.2) is 9.18 Å². The zero-order valence-corrected chi connectivity index (χ0v) is 13.3. The number of amides is 2. The van der Waals surface area contributed by atoms with Crippen LogP contribution in [0.25, 0.3) is 0 Å². The lowest BCUT2D eigenvalue weighted by atomic mass is 10.0. The predicted octanol–water partition coefficient (Wildman–Crippen LogP) is 1.10. The highest BCUT2D eigenvalue weighted by atomic mass is 19.1. The Morgan fingerprint density at radius 1 is 1.22 bits per heavy atom. The molecule has 1 aromatic rings. The third-order valence-corrected chi connectivity index (χ3v) is 3.25. The van der Waals surface area contributed by atoms with Gasteiger partial charge in [-0.05, 0) is 23.6 Å². The van der Waals surface area contributed by atoms with Gasteiger partial charge in [0.2, 0.25) is 11.8 Å². The number of hydrogen-bond donors (Lipinski definition) is 3. The number of carboxylic acid groups (broad SMARTS) is 1. The number of hydrogen-bond acceptors (Lipinski definition) is 3. The molecule has 2 atom stereocenters. The molecule has 0 unspecified atom stereocenters. The van der Waals surface area contributed by atoms with E-state index in [-0.39, 0.29) is 12.3 Å². The number of benzene rings is 1. The first kappa shape index (κ1) is 18.6. The second kappa shape index (κ2) is 8.26. The normalized spacial score (nSPS) is 13.3. The summed E-state index contributed by atoms with van der Waals surface area (Å²) in [6.45, 7) is 4.58. The lowest BCUT2D eigenvalue weighted by Crippen LogP contribution is -2.53. The summed E-state index contributed by atoms with van der Waals surface area (Å²) < 4.78 is 13.2. The molecule has 0 aliphatic heterocycles. The molecule has 0 aliphatic carbocycles. The van der Waals surface area contributed by atoms with Crippen LogP contribution in [0.3, 0.4) is 0 Å². The van der Waals surface area contributed by atoms with Crippen LogP contribution in [0.1, 0.15) is 26.3 Å². The minimum Gasteiger partial charge on any atom is -0.480 e. The summed E-state index contributed by atoms with van der Waals surface area (Å²) in [5.41, 5.74) is 0.523. The molecule has 3 N–H and O–H groups in total. The van der Waals surface area contributed by atoms with Crippen molar-refractivity contribution < 1.29 is 23.9 Å². The zero-order chi connectivity index (χ0) is 17.6. The second-order valence-electron chi connectivity index (χ2n) is 5.66. The molecule has 0 aliphatic rings. The van der Waals surface area contributed by atoms with Gasteiger partial charge in [-0.2, -0.15) is 0 Å². The van der Waals surface area contributed by atoms with Gasteiger partial charge in [0.05, 0.1) is 0 Å². The molecule has 0 bridgehead atoms. The fourth-order valence-electron chi connectivity index (χ4n) is 2.12. The third-order valence-electron chi connectivity index (χ3n) is 3.25. The Labute approximate surface area is 134 Å². The van der Waals surface area contributed by atoms with Crippen molar-refractivity contribution >= 4 is 17.8 Å². The maximum Gasteiger partial charge on any atom is 0.326 e. The predicted molar refractivity (Wildman–Crippen MR) is 82.1 cm³/mol. The van der Waals surface area contributed by atoms with Crippen LogP contribution in [0, 0.1) is 11.7 Å². The van der Waals surface area contributed by atoms with E-state index in [1.165, 1.54) is 25.1 Å². The van der Waals surface area contributed by atoms with Gasteiger partial charge in [0, 0.05) is 13.3 Å². The second-order valence-corrected chi connectivity index (χ2v) is 5.66. The molecule has 0 saturated heterocycles. The maximum atomic E-state index is 13.2. The first-order chi connectivity index (χ1) is 10.7. The Morgan fingerprint density at radius 2 is 1.87 bits per heavy atom. The van der Waals surface area contributed by atoms with E-state index in [1.807, 2.05) is 0 Å². The van der Waals surface area contributed by atoms with Crippen LogP contribution in [-0.4, -0.2) is 35.0 Å². The number of carbonyl (C=O) groups is 3. The smallest absolute Gasteiger partial charge is 0.326 e. The van der Waals surface area contributed by atoms with Gasteiger partial charge in [0.1, 0.15) is 17.9 Å². The van der Waals surface area contributed by atoms with E-state index in [0.717, 1.165) is 0 Å². The third kappa shape index (κ3) is 6.06. The van der Waals surface area contributed by atoms with Crippen LogP contribution >= 0.6 is 0 Å². The van der Waals surface area contributed by atoms with Crippen molar-refractivity contribution in [2.45, 2.75) is 39.3 Å². The van der Waals surface area contributed by atoms with Gasteiger partial charge in [0.15, 0.2) is 0 Å². The number of aliphatic carboxylic acids is 1. The first-order valence-electron chi connectivity index (χ1n) is 7.25. The van der Waals surface area contributed by atoms with Crippen LogP contribution < -0.4 is 10.6 Å². The van der Waals surface area contributed by atoms with Crippen LogP contribution in [0.5, 0.6) is 0 Å². The molecule has 2 amide bonds. The van der Waals surface area contributed by atoms with E-state index in [1.54, 1.807) is 19.9 Å². The Morgan fingerprint density at radius 3 is 2.35 bits per heavy atom. The number of carbonyl (C=O) groups excluding carboxylic acids is 2. The van der Waals surface area contributed by atoms with E-state index in [9.17, 15) is 18.8 Å². The van der Waals surface area contributed by atoms with Gasteiger partial charge in [-0.1, -0.05) is 26.0 Å². The summed E-state index contributed by atoms with van der Waals surface area (Å²) >= 11 is 0. The molecule has 1 aromatic carbocycles. The Bertz CT molecular complexity index is 589. The van der Waals surface area contributed by atoms with E-state index < -0.39 is 35.7 Å². The first-order valence-corrected chi connectivity index (χ1v) is 7.25. The molecule has 0 radical (unpaired) electrons. The minimum atomic E-state index is -1.15. The molecular weight excluding hydrogens is 303 g/mol. The summed E-state index contributed by atoms with van der Waals surface area (Å²) in [5.74, 6) is -2.97. The fraction of sp³-hybridized carbons (Fsp3) is 0.438. The van der Waals surface area contributed by atoms with Crippen molar-refractivity contribution in [2.75, 3.05) is 0 Å². The standard InChI is InChI=1S/C16H21FN2O4/c1-9(2)14(16(22)23)19-15(21)13(18-10(3)20)8-11-5-4-6-12(17)7-11/h4-7,9,13-14H,8H2,1-3H3,(H,18,20)(H,19,21)(H,22,23)/t13-,14+/m0/s1. The highest BCUT2D eigenvalue weighted by molar-refractivity contribution is 5.90. The highest BCUT2D eigenvalue weighted by Crippen LogP contribution is 2.08. The van der Waals surface area contributed by atoms with E-state index in [4.69, 9.17) is 5.11 Å². The molecule has 0 heterocycles. The lowest BCUT2D eigenvalue weighted by Gasteiger charge is -2.23. The maximum absolute atomic E-state index is 13.2. The van der Waals surface area contributed by atoms with Crippen molar-refractivity contribution in [3.63, 3.8) is 0 Å². The number of halogens is 1. The van der Waals surface area contributed by atoms with Gasteiger partial charge < -0.3 is 15.7 Å². The molecule has 6 nitrogen and oxygen atoms in total. The molecule has 7 heteroatoms. The van der Waals surface area contributed by atoms with Gasteiger partial charge in [-0.3, -0.25) is 9.59 Å².